The third-order valence-corrected chi connectivity index (χ3v) is 10.1. The van der Waals surface area contributed by atoms with Crippen molar-refractivity contribution in [3.05, 3.63) is 154 Å². The first-order valence-electron chi connectivity index (χ1n) is 23.6. The zero-order valence-electron chi connectivity index (χ0n) is 43.3. The van der Waals surface area contributed by atoms with Gasteiger partial charge in [0, 0.05) is 0 Å². The average molecular weight is 823 g/mol. The SMILES string of the molecule is C=C(CC)CC/C=C(\C)CCC=C(C)C.C=CC(=C)CC/C=C(\C)CCC=C(C)C.C=CC(C)CC/C=C(\C)CCC=C(C)C.CC=C(C)CC/C=C(\C)CCC=C(C)C. The van der Waals surface area contributed by atoms with Crippen LogP contribution in [0.5, 0.6) is 0 Å². The smallest absolute Gasteiger partial charge is 0.0250 e. The van der Waals surface area contributed by atoms with Crippen LogP contribution in [0.3, 0.4) is 0 Å². The third-order valence-electron chi connectivity index (χ3n) is 10.1. The third kappa shape index (κ3) is 56.7. The summed E-state index contributed by atoms with van der Waals surface area (Å²) in [7, 11) is 0. The summed E-state index contributed by atoms with van der Waals surface area (Å²) in [6, 6.07) is 0. The topological polar surface area (TPSA) is 0 Å². The van der Waals surface area contributed by atoms with Crippen LogP contribution in [0.1, 0.15) is 220 Å². The van der Waals surface area contributed by atoms with Crippen molar-refractivity contribution in [1.29, 1.82) is 0 Å². The molecule has 342 valence electrons. The van der Waals surface area contributed by atoms with Crippen molar-refractivity contribution in [1.82, 2.24) is 0 Å². The molecule has 0 aromatic heterocycles. The van der Waals surface area contributed by atoms with E-state index in [-0.39, 0.29) is 0 Å². The molecule has 0 spiro atoms. The first-order valence-corrected chi connectivity index (χ1v) is 23.6. The van der Waals surface area contributed by atoms with E-state index in [1.807, 2.05) is 12.2 Å². The Labute approximate surface area is 378 Å². The number of rotatable bonds is 27. The van der Waals surface area contributed by atoms with E-state index in [1.54, 1.807) is 0 Å². The molecule has 1 atom stereocenters. The largest absolute Gasteiger partial charge is 0.103 e. The van der Waals surface area contributed by atoms with Crippen molar-refractivity contribution in [2.75, 3.05) is 0 Å². The molecule has 0 amide bonds. The van der Waals surface area contributed by atoms with E-state index in [9.17, 15) is 0 Å². The quantitative estimate of drug-likeness (QED) is 0.0572. The minimum atomic E-state index is 0.645. The van der Waals surface area contributed by atoms with Crippen molar-refractivity contribution in [3.63, 3.8) is 0 Å². The van der Waals surface area contributed by atoms with Gasteiger partial charge in [0.1, 0.15) is 0 Å². The van der Waals surface area contributed by atoms with Gasteiger partial charge in [0.2, 0.25) is 0 Å². The Balaban J connectivity index is -0.000000348. The highest BCUT2D eigenvalue weighted by Gasteiger charge is 1.96. The van der Waals surface area contributed by atoms with Gasteiger partial charge in [-0.2, -0.15) is 0 Å². The Morgan fingerprint density at radius 1 is 0.417 bits per heavy atom. The second kappa shape index (κ2) is 45.2. The van der Waals surface area contributed by atoms with Crippen LogP contribution in [-0.4, -0.2) is 0 Å². The number of allylic oxidation sites excluding steroid dienone is 22. The number of hydrogen-bond donors (Lipinski definition) is 0. The van der Waals surface area contributed by atoms with Gasteiger partial charge in [0.05, 0.1) is 0 Å². The summed E-state index contributed by atoms with van der Waals surface area (Å²) in [4.78, 5) is 0. The van der Waals surface area contributed by atoms with Gasteiger partial charge in [-0.1, -0.05) is 162 Å². The summed E-state index contributed by atoms with van der Waals surface area (Å²) in [5, 5.41) is 0. The fourth-order valence-corrected chi connectivity index (χ4v) is 5.47. The molecule has 0 aliphatic rings. The lowest BCUT2D eigenvalue weighted by molar-refractivity contribution is 0.656. The van der Waals surface area contributed by atoms with Gasteiger partial charge in [-0.3, -0.25) is 0 Å². The van der Waals surface area contributed by atoms with Gasteiger partial charge < -0.3 is 0 Å². The van der Waals surface area contributed by atoms with E-state index < -0.39 is 0 Å². The van der Waals surface area contributed by atoms with Gasteiger partial charge in [0.25, 0.3) is 0 Å². The Morgan fingerprint density at radius 2 is 0.717 bits per heavy atom. The lowest BCUT2D eigenvalue weighted by Gasteiger charge is -2.03. The molecule has 0 fully saturated rings. The molecule has 0 aliphatic carbocycles. The molecule has 0 heterocycles. The zero-order valence-corrected chi connectivity index (χ0v) is 43.3. The van der Waals surface area contributed by atoms with Crippen molar-refractivity contribution < 1.29 is 0 Å². The molecule has 1 unspecified atom stereocenters. The molecule has 0 nitrogen and oxygen atoms in total. The summed E-state index contributed by atoms with van der Waals surface area (Å²) in [6.45, 7) is 50.3. The van der Waals surface area contributed by atoms with E-state index in [1.165, 1.54) is 126 Å². The van der Waals surface area contributed by atoms with E-state index in [0.717, 1.165) is 44.1 Å². The predicted octanol–water partition coefficient (Wildman–Crippen LogP) is 21.3. The Hall–Kier alpha value is -3.38. The molecule has 0 saturated carbocycles. The maximum absolute atomic E-state index is 4.02. The van der Waals surface area contributed by atoms with Crippen LogP contribution in [-0.2, 0) is 0 Å². The summed E-state index contributed by atoms with van der Waals surface area (Å²) >= 11 is 0. The van der Waals surface area contributed by atoms with Crippen molar-refractivity contribution in [2.24, 2.45) is 5.92 Å². The molecule has 60 heavy (non-hydrogen) atoms. The molecule has 0 aromatic rings. The van der Waals surface area contributed by atoms with Crippen LogP contribution in [0.15, 0.2) is 154 Å². The van der Waals surface area contributed by atoms with Gasteiger partial charge >= 0.3 is 0 Å². The molecule has 0 heteroatoms. The normalized spacial score (nSPS) is 12.2. The fourth-order valence-electron chi connectivity index (χ4n) is 5.47. The molecular weight excluding hydrogens is 721 g/mol. The van der Waals surface area contributed by atoms with Gasteiger partial charge in [0.15, 0.2) is 0 Å². The highest BCUT2D eigenvalue weighted by molar-refractivity contribution is 5.13. The lowest BCUT2D eigenvalue weighted by Crippen LogP contribution is -1.87. The summed E-state index contributed by atoms with van der Waals surface area (Å²) in [5.41, 5.74) is 15.7. The molecule has 0 saturated heterocycles. The van der Waals surface area contributed by atoms with Crippen LogP contribution >= 0.6 is 0 Å². The standard InChI is InChI=1S/3C15H26.C15H24/c4*1-6-14(4)10-8-12-15(5)11-7-9-13(2)3/h6,9,12H,7-8,10-11H2,1-5H3;9,12H,4,6-8,10-11H2,1-3,5H3;6,9,12,14H,1,7-8,10-11H2,2-5H3;6,9,12H,1,4,7-8,10-11H2,2-3,5H3/b14-6?,15-12+;3*15-12+. The average Bonchev–Trinajstić information content (AvgIpc) is 3.17. The predicted molar refractivity (Wildman–Crippen MR) is 284 cm³/mol. The van der Waals surface area contributed by atoms with E-state index in [4.69, 9.17) is 0 Å². The van der Waals surface area contributed by atoms with E-state index >= 15 is 0 Å². The Bertz CT molecular complexity index is 1370. The second-order valence-electron chi connectivity index (χ2n) is 18.0. The fraction of sp³-hybridized carbons (Fsp3) is 0.567. The van der Waals surface area contributed by atoms with E-state index in [2.05, 4.69) is 192 Å². The number of hydrogen-bond acceptors (Lipinski definition) is 0. The van der Waals surface area contributed by atoms with Gasteiger partial charge in [-0.15, -0.1) is 6.58 Å². The summed E-state index contributed by atoms with van der Waals surface area (Å²) in [6.07, 6.45) is 44.6. The van der Waals surface area contributed by atoms with Crippen LogP contribution in [0, 0.1) is 5.92 Å². The Kier molecular flexibility index (Phi) is 47.6. The maximum Gasteiger partial charge on any atom is -0.0250 e. The Morgan fingerprint density at radius 3 is 1.02 bits per heavy atom. The molecule has 0 N–H and O–H groups in total. The minimum Gasteiger partial charge on any atom is -0.103 e. The zero-order chi connectivity index (χ0) is 46.7. The first kappa shape index (κ1) is 63.3. The minimum absolute atomic E-state index is 0.645. The lowest BCUT2D eigenvalue weighted by atomic mass is 10.0. The molecule has 0 rings (SSSR count). The molecule has 0 radical (unpaired) electrons. The second-order valence-corrected chi connectivity index (χ2v) is 18.0. The molecule has 0 bridgehead atoms. The molecular formula is C60H102. The van der Waals surface area contributed by atoms with Crippen LogP contribution in [0.25, 0.3) is 0 Å². The van der Waals surface area contributed by atoms with Crippen LogP contribution in [0.4, 0.5) is 0 Å². The van der Waals surface area contributed by atoms with Gasteiger partial charge in [-0.25, -0.2) is 0 Å². The maximum atomic E-state index is 4.02. The highest BCUT2D eigenvalue weighted by Crippen LogP contribution is 2.15. The highest BCUT2D eigenvalue weighted by atomic mass is 14.0. The summed E-state index contributed by atoms with van der Waals surface area (Å²) < 4.78 is 0. The molecule has 0 aromatic carbocycles. The summed E-state index contributed by atoms with van der Waals surface area (Å²) in [5.74, 6) is 0.645. The van der Waals surface area contributed by atoms with Crippen LogP contribution < -0.4 is 0 Å². The van der Waals surface area contributed by atoms with Gasteiger partial charge in [-0.05, 0) is 212 Å². The van der Waals surface area contributed by atoms with Crippen molar-refractivity contribution >= 4 is 0 Å². The van der Waals surface area contributed by atoms with Crippen molar-refractivity contribution in [3.8, 4) is 0 Å². The first-order chi connectivity index (χ1) is 28.2. The van der Waals surface area contributed by atoms with Crippen molar-refractivity contribution in [2.45, 2.75) is 220 Å². The molecule has 0 aliphatic heterocycles. The van der Waals surface area contributed by atoms with Crippen LogP contribution in [0.2, 0.25) is 0 Å². The van der Waals surface area contributed by atoms with E-state index in [0.29, 0.717) is 5.92 Å². The monoisotopic (exact) mass is 823 g/mol.